The number of carbonyl (C=O) groups is 1. The van der Waals surface area contributed by atoms with Crippen LogP contribution in [0.1, 0.15) is 34.7 Å². The molecule has 1 aromatic heterocycles. The van der Waals surface area contributed by atoms with Crippen LogP contribution in [0.2, 0.25) is 0 Å². The smallest absolute Gasteiger partial charge is 0.266 e. The maximum Gasteiger partial charge on any atom is 0.266 e. The molecule has 0 bridgehead atoms. The zero-order chi connectivity index (χ0) is 24.7. The lowest BCUT2D eigenvalue weighted by Crippen LogP contribution is -2.35. The Labute approximate surface area is 202 Å². The molecule has 1 unspecified atom stereocenters. The summed E-state index contributed by atoms with van der Waals surface area (Å²) < 4.78 is 17.6. The standard InChI is InChI=1S/C27H25N3O5/c1-16-6-5-7-21-24(16)27(32)30(19-9-11-20(33-4)12-10-19)25(28-21)17(2)29(3)26(31)18-8-13-22-23(14-18)35-15-34-22/h5-14,17H,15H2,1-4H3. The van der Waals surface area contributed by atoms with Gasteiger partial charge in [-0.25, -0.2) is 4.98 Å². The molecular formula is C27H25N3O5. The molecule has 8 heteroatoms. The molecule has 3 aromatic carbocycles. The van der Waals surface area contributed by atoms with Crippen molar-refractivity contribution in [3.05, 3.63) is 88.0 Å². The van der Waals surface area contributed by atoms with Gasteiger partial charge in [-0.15, -0.1) is 0 Å². The second-order valence-electron chi connectivity index (χ2n) is 8.44. The Bertz CT molecular complexity index is 1490. The number of amides is 1. The van der Waals surface area contributed by atoms with Crippen LogP contribution in [0.25, 0.3) is 16.6 Å². The van der Waals surface area contributed by atoms with Crippen molar-refractivity contribution in [2.24, 2.45) is 0 Å². The van der Waals surface area contributed by atoms with E-state index in [0.717, 1.165) is 5.56 Å². The summed E-state index contributed by atoms with van der Waals surface area (Å²) in [5, 5.41) is 0.545. The van der Waals surface area contributed by atoms with Crippen molar-refractivity contribution in [3.63, 3.8) is 0 Å². The van der Waals surface area contributed by atoms with E-state index < -0.39 is 6.04 Å². The van der Waals surface area contributed by atoms with Crippen molar-refractivity contribution < 1.29 is 19.0 Å². The largest absolute Gasteiger partial charge is 0.497 e. The van der Waals surface area contributed by atoms with Crippen LogP contribution in [0, 0.1) is 6.92 Å². The number of aromatic nitrogens is 2. The molecule has 0 fully saturated rings. The predicted molar refractivity (Wildman–Crippen MR) is 132 cm³/mol. The first-order valence-electron chi connectivity index (χ1n) is 11.2. The number of rotatable bonds is 5. The maximum absolute atomic E-state index is 13.8. The Morgan fingerprint density at radius 1 is 1.09 bits per heavy atom. The van der Waals surface area contributed by atoms with Gasteiger partial charge in [0.15, 0.2) is 11.5 Å². The van der Waals surface area contributed by atoms with Gasteiger partial charge >= 0.3 is 0 Å². The normalized spacial score (nSPS) is 13.0. The van der Waals surface area contributed by atoms with Crippen molar-refractivity contribution >= 4 is 16.8 Å². The van der Waals surface area contributed by atoms with Gasteiger partial charge in [-0.1, -0.05) is 12.1 Å². The lowest BCUT2D eigenvalue weighted by molar-refractivity contribution is 0.0734. The number of fused-ring (bicyclic) bond motifs is 2. The maximum atomic E-state index is 13.8. The first-order chi connectivity index (χ1) is 16.9. The Hall–Kier alpha value is -4.33. The predicted octanol–water partition coefficient (Wildman–Crippen LogP) is 4.26. The molecule has 8 nitrogen and oxygen atoms in total. The van der Waals surface area contributed by atoms with Crippen LogP contribution in [-0.2, 0) is 0 Å². The van der Waals surface area contributed by atoms with Crippen molar-refractivity contribution in [2.75, 3.05) is 21.0 Å². The fourth-order valence-corrected chi connectivity index (χ4v) is 4.26. The molecule has 1 aliphatic rings. The van der Waals surface area contributed by atoms with Crippen LogP contribution in [0.15, 0.2) is 65.5 Å². The molecule has 0 spiro atoms. The van der Waals surface area contributed by atoms with Gasteiger partial charge in [0.1, 0.15) is 11.6 Å². The highest BCUT2D eigenvalue weighted by Crippen LogP contribution is 2.33. The van der Waals surface area contributed by atoms with Crippen molar-refractivity contribution in [3.8, 4) is 22.9 Å². The van der Waals surface area contributed by atoms with E-state index in [-0.39, 0.29) is 18.3 Å². The highest BCUT2D eigenvalue weighted by molar-refractivity contribution is 5.95. The summed E-state index contributed by atoms with van der Waals surface area (Å²) in [6.45, 7) is 3.88. The zero-order valence-corrected chi connectivity index (χ0v) is 19.9. The van der Waals surface area contributed by atoms with E-state index in [0.29, 0.717) is 45.2 Å². The van der Waals surface area contributed by atoms with Crippen LogP contribution in [0.5, 0.6) is 17.2 Å². The molecule has 0 aliphatic carbocycles. The van der Waals surface area contributed by atoms with Gasteiger partial charge in [0.25, 0.3) is 11.5 Å². The minimum absolute atomic E-state index is 0.133. The van der Waals surface area contributed by atoms with Crippen LogP contribution in [0.4, 0.5) is 0 Å². The summed E-state index contributed by atoms with van der Waals surface area (Å²) >= 11 is 0. The van der Waals surface area contributed by atoms with E-state index in [9.17, 15) is 9.59 Å². The van der Waals surface area contributed by atoms with Crippen molar-refractivity contribution in [1.29, 1.82) is 0 Å². The number of hydrogen-bond donors (Lipinski definition) is 0. The number of hydrogen-bond acceptors (Lipinski definition) is 6. The first kappa shape index (κ1) is 22.5. The quantitative estimate of drug-likeness (QED) is 0.433. The highest BCUT2D eigenvalue weighted by atomic mass is 16.7. The van der Waals surface area contributed by atoms with Gasteiger partial charge in [-0.3, -0.25) is 14.2 Å². The Kier molecular flexibility index (Phi) is 5.64. The van der Waals surface area contributed by atoms with Crippen LogP contribution in [-0.4, -0.2) is 41.3 Å². The SMILES string of the molecule is COc1ccc(-n2c(C(C)N(C)C(=O)c3ccc4c(c3)OCO4)nc3cccc(C)c3c2=O)cc1. The lowest BCUT2D eigenvalue weighted by atomic mass is 10.1. The molecule has 178 valence electrons. The third-order valence-electron chi connectivity index (χ3n) is 6.36. The molecule has 0 N–H and O–H groups in total. The summed E-state index contributed by atoms with van der Waals surface area (Å²) in [7, 11) is 3.29. The molecular weight excluding hydrogens is 446 g/mol. The Morgan fingerprint density at radius 2 is 1.83 bits per heavy atom. The van der Waals surface area contributed by atoms with E-state index in [1.54, 1.807) is 54.0 Å². The first-order valence-corrected chi connectivity index (χ1v) is 11.2. The fraction of sp³-hybridized carbons (Fsp3) is 0.222. The minimum Gasteiger partial charge on any atom is -0.497 e. The molecule has 2 heterocycles. The summed E-state index contributed by atoms with van der Waals surface area (Å²) in [4.78, 5) is 33.6. The van der Waals surface area contributed by atoms with Crippen LogP contribution < -0.4 is 19.8 Å². The summed E-state index contributed by atoms with van der Waals surface area (Å²) in [5.74, 6) is 2.05. The number of methoxy groups -OCH3 is 1. The molecule has 5 rings (SSSR count). The summed E-state index contributed by atoms with van der Waals surface area (Å²) in [6, 6.07) is 17.3. The number of aryl methyl sites for hydroxylation is 1. The number of nitrogens with zero attached hydrogens (tertiary/aromatic N) is 3. The fourth-order valence-electron chi connectivity index (χ4n) is 4.26. The van der Waals surface area contributed by atoms with E-state index >= 15 is 0 Å². The summed E-state index contributed by atoms with van der Waals surface area (Å²) in [5.41, 5.74) is 2.33. The van der Waals surface area contributed by atoms with E-state index in [1.165, 1.54) is 0 Å². The molecule has 0 saturated heterocycles. The molecule has 0 saturated carbocycles. The molecule has 1 aliphatic heterocycles. The molecule has 0 radical (unpaired) electrons. The number of ether oxygens (including phenoxy) is 3. The number of carbonyl (C=O) groups excluding carboxylic acids is 1. The second-order valence-corrected chi connectivity index (χ2v) is 8.44. The zero-order valence-electron chi connectivity index (χ0n) is 19.9. The summed E-state index contributed by atoms with van der Waals surface area (Å²) in [6.07, 6.45) is 0. The second kappa shape index (κ2) is 8.79. The van der Waals surface area contributed by atoms with Gasteiger partial charge in [-0.05, 0) is 67.9 Å². The van der Waals surface area contributed by atoms with E-state index in [4.69, 9.17) is 19.2 Å². The number of benzene rings is 3. The van der Waals surface area contributed by atoms with Gasteiger partial charge < -0.3 is 19.1 Å². The van der Waals surface area contributed by atoms with E-state index in [2.05, 4.69) is 0 Å². The average molecular weight is 472 g/mol. The highest BCUT2D eigenvalue weighted by Gasteiger charge is 2.26. The molecule has 1 atom stereocenters. The van der Waals surface area contributed by atoms with Crippen molar-refractivity contribution in [1.82, 2.24) is 14.5 Å². The Balaban J connectivity index is 1.62. The molecule has 1 amide bonds. The lowest BCUT2D eigenvalue weighted by Gasteiger charge is -2.27. The van der Waals surface area contributed by atoms with Gasteiger partial charge in [0.05, 0.1) is 29.7 Å². The van der Waals surface area contributed by atoms with Crippen molar-refractivity contribution in [2.45, 2.75) is 19.9 Å². The van der Waals surface area contributed by atoms with Crippen LogP contribution in [0.3, 0.4) is 0 Å². The molecule has 4 aromatic rings. The van der Waals surface area contributed by atoms with Gasteiger partial charge in [-0.2, -0.15) is 0 Å². The third kappa shape index (κ3) is 3.86. The Morgan fingerprint density at radius 3 is 2.57 bits per heavy atom. The van der Waals surface area contributed by atoms with Gasteiger partial charge in [0.2, 0.25) is 6.79 Å². The van der Waals surface area contributed by atoms with E-state index in [1.807, 2.05) is 44.2 Å². The topological polar surface area (TPSA) is 82.9 Å². The van der Waals surface area contributed by atoms with Gasteiger partial charge in [0, 0.05) is 12.6 Å². The monoisotopic (exact) mass is 471 g/mol. The minimum atomic E-state index is -0.521. The average Bonchev–Trinajstić information content (AvgIpc) is 3.35. The molecule has 35 heavy (non-hydrogen) atoms. The van der Waals surface area contributed by atoms with Crippen LogP contribution >= 0.6 is 0 Å². The third-order valence-corrected chi connectivity index (χ3v) is 6.36.